The van der Waals surface area contributed by atoms with Gasteiger partial charge in [0.2, 0.25) is 0 Å². The van der Waals surface area contributed by atoms with Crippen LogP contribution < -0.4 is 0 Å². The summed E-state index contributed by atoms with van der Waals surface area (Å²) in [4.78, 5) is 12.2. The highest BCUT2D eigenvalue weighted by Crippen LogP contribution is 2.09. The summed E-state index contributed by atoms with van der Waals surface area (Å²) in [6, 6.07) is 7.55. The van der Waals surface area contributed by atoms with Crippen LogP contribution >= 0.6 is 11.3 Å². The van der Waals surface area contributed by atoms with E-state index in [1.54, 1.807) is 6.07 Å². The Morgan fingerprint density at radius 3 is 2.79 bits per heavy atom. The van der Waals surface area contributed by atoms with E-state index in [-0.39, 0.29) is 18.7 Å². The molecule has 0 radical (unpaired) electrons. The van der Waals surface area contributed by atoms with Crippen molar-refractivity contribution in [3.63, 3.8) is 0 Å². The Labute approximate surface area is 116 Å². The Hall–Kier alpha value is -1.59. The molecule has 19 heavy (non-hydrogen) atoms. The summed E-state index contributed by atoms with van der Waals surface area (Å²) >= 11 is 1.38. The number of esters is 1. The minimum Gasteiger partial charge on any atom is -0.459 e. The van der Waals surface area contributed by atoms with Crippen molar-refractivity contribution in [2.75, 3.05) is 13.2 Å². The molecule has 0 aliphatic carbocycles. The molecule has 2 aromatic heterocycles. The van der Waals surface area contributed by atoms with Crippen molar-refractivity contribution in [3.05, 3.63) is 46.9 Å². The number of aromatic nitrogens is 1. The Bertz CT molecular complexity index is 479. The Morgan fingerprint density at radius 2 is 2.11 bits per heavy atom. The molecular weight excluding hydrogens is 262 g/mol. The Morgan fingerprint density at radius 1 is 1.32 bits per heavy atom. The minimum atomic E-state index is -0.281. The van der Waals surface area contributed by atoms with E-state index in [4.69, 9.17) is 9.47 Å². The normalized spacial score (nSPS) is 12.3. The van der Waals surface area contributed by atoms with Crippen LogP contribution in [0.3, 0.4) is 0 Å². The molecule has 0 aliphatic rings. The molecular formula is C14H17NO3S. The first kappa shape index (κ1) is 13.8. The number of carbonyl (C=O) groups excluding carboxylic acids is 1. The molecule has 0 N–H and O–H groups in total. The Balaban J connectivity index is 1.60. The molecule has 0 aromatic carbocycles. The van der Waals surface area contributed by atoms with E-state index in [0.717, 1.165) is 6.54 Å². The molecule has 102 valence electrons. The van der Waals surface area contributed by atoms with Crippen LogP contribution in [0, 0.1) is 0 Å². The highest BCUT2D eigenvalue weighted by atomic mass is 32.1. The molecule has 0 saturated heterocycles. The Kier molecular flexibility index (Phi) is 5.18. The molecule has 0 bridgehead atoms. The molecule has 0 saturated carbocycles. The predicted molar refractivity (Wildman–Crippen MR) is 74.4 cm³/mol. The third-order valence-electron chi connectivity index (χ3n) is 2.58. The van der Waals surface area contributed by atoms with Crippen molar-refractivity contribution >= 4 is 17.3 Å². The largest absolute Gasteiger partial charge is 0.459 e. The van der Waals surface area contributed by atoms with Crippen molar-refractivity contribution in [1.29, 1.82) is 0 Å². The molecule has 0 aliphatic heterocycles. The van der Waals surface area contributed by atoms with Gasteiger partial charge >= 0.3 is 5.97 Å². The zero-order chi connectivity index (χ0) is 13.5. The highest BCUT2D eigenvalue weighted by molar-refractivity contribution is 7.11. The van der Waals surface area contributed by atoms with E-state index in [1.165, 1.54) is 11.3 Å². The number of ether oxygens (including phenoxy) is 2. The van der Waals surface area contributed by atoms with E-state index in [1.807, 2.05) is 42.9 Å². The molecule has 1 unspecified atom stereocenters. The third-order valence-corrected chi connectivity index (χ3v) is 3.43. The monoisotopic (exact) mass is 279 g/mol. The van der Waals surface area contributed by atoms with Gasteiger partial charge in [-0.05, 0) is 30.5 Å². The molecule has 2 aromatic rings. The molecule has 5 heteroatoms. The van der Waals surface area contributed by atoms with E-state index in [2.05, 4.69) is 4.57 Å². The molecule has 4 nitrogen and oxygen atoms in total. The van der Waals surface area contributed by atoms with Crippen LogP contribution in [0.15, 0.2) is 42.0 Å². The van der Waals surface area contributed by atoms with Crippen molar-refractivity contribution in [1.82, 2.24) is 4.57 Å². The lowest BCUT2D eigenvalue weighted by Crippen LogP contribution is -2.19. The standard InChI is InChI=1S/C14H17NO3S/c1-12(11-15-6-2-3-7-15)17-8-9-18-14(16)13-5-4-10-19-13/h2-7,10,12H,8-9,11H2,1H3. The first-order valence-corrected chi connectivity index (χ1v) is 7.06. The van der Waals surface area contributed by atoms with Crippen LogP contribution in [-0.4, -0.2) is 29.9 Å². The van der Waals surface area contributed by atoms with E-state index >= 15 is 0 Å². The highest BCUT2D eigenvalue weighted by Gasteiger charge is 2.08. The number of thiophene rings is 1. The summed E-state index contributed by atoms with van der Waals surface area (Å²) in [5.74, 6) is -0.281. The number of carbonyl (C=O) groups is 1. The smallest absolute Gasteiger partial charge is 0.348 e. The summed E-state index contributed by atoms with van der Waals surface area (Å²) in [7, 11) is 0. The average Bonchev–Trinajstić information content (AvgIpc) is 3.06. The first-order chi connectivity index (χ1) is 9.25. The van der Waals surface area contributed by atoms with Gasteiger partial charge in [0.05, 0.1) is 12.7 Å². The fourth-order valence-electron chi connectivity index (χ4n) is 1.69. The van der Waals surface area contributed by atoms with Gasteiger partial charge in [0.25, 0.3) is 0 Å². The maximum Gasteiger partial charge on any atom is 0.348 e. The lowest BCUT2D eigenvalue weighted by Gasteiger charge is -2.13. The fraction of sp³-hybridized carbons (Fsp3) is 0.357. The SMILES string of the molecule is CC(Cn1cccc1)OCCOC(=O)c1cccs1. The summed E-state index contributed by atoms with van der Waals surface area (Å²) in [6.07, 6.45) is 4.08. The van der Waals surface area contributed by atoms with Gasteiger partial charge in [0, 0.05) is 18.9 Å². The summed E-state index contributed by atoms with van der Waals surface area (Å²) in [5, 5.41) is 1.85. The van der Waals surface area contributed by atoms with Crippen LogP contribution in [0.1, 0.15) is 16.6 Å². The van der Waals surface area contributed by atoms with Crippen LogP contribution in [0.2, 0.25) is 0 Å². The molecule has 2 heterocycles. The number of rotatable bonds is 7. The van der Waals surface area contributed by atoms with Gasteiger partial charge in [-0.1, -0.05) is 6.07 Å². The maximum absolute atomic E-state index is 11.5. The zero-order valence-electron chi connectivity index (χ0n) is 10.8. The number of nitrogens with zero attached hydrogens (tertiary/aromatic N) is 1. The van der Waals surface area contributed by atoms with Crippen LogP contribution in [0.4, 0.5) is 0 Å². The maximum atomic E-state index is 11.5. The molecule has 1 atom stereocenters. The second-order valence-electron chi connectivity index (χ2n) is 4.17. The summed E-state index contributed by atoms with van der Waals surface area (Å²) < 4.78 is 12.8. The average molecular weight is 279 g/mol. The molecule has 0 fully saturated rings. The van der Waals surface area contributed by atoms with Crippen LogP contribution in [-0.2, 0) is 16.0 Å². The van der Waals surface area contributed by atoms with Gasteiger partial charge in [-0.15, -0.1) is 11.3 Å². The van der Waals surface area contributed by atoms with Gasteiger partial charge < -0.3 is 14.0 Å². The summed E-state index contributed by atoms with van der Waals surface area (Å²) in [6.45, 7) is 3.50. The molecule has 0 amide bonds. The minimum absolute atomic E-state index is 0.0906. The van der Waals surface area contributed by atoms with Gasteiger partial charge in [-0.25, -0.2) is 4.79 Å². The van der Waals surface area contributed by atoms with Gasteiger partial charge in [0.15, 0.2) is 0 Å². The van der Waals surface area contributed by atoms with E-state index < -0.39 is 0 Å². The lowest BCUT2D eigenvalue weighted by atomic mass is 10.4. The van der Waals surface area contributed by atoms with Gasteiger partial charge in [-0.3, -0.25) is 0 Å². The predicted octanol–water partition coefficient (Wildman–Crippen LogP) is 2.81. The topological polar surface area (TPSA) is 40.5 Å². The van der Waals surface area contributed by atoms with E-state index in [0.29, 0.717) is 11.5 Å². The van der Waals surface area contributed by atoms with E-state index in [9.17, 15) is 4.79 Å². The second kappa shape index (κ2) is 7.11. The summed E-state index contributed by atoms with van der Waals surface area (Å²) in [5.41, 5.74) is 0. The fourth-order valence-corrected chi connectivity index (χ4v) is 2.31. The van der Waals surface area contributed by atoms with Gasteiger partial charge in [-0.2, -0.15) is 0 Å². The molecule has 0 spiro atoms. The van der Waals surface area contributed by atoms with Crippen molar-refractivity contribution in [2.24, 2.45) is 0 Å². The second-order valence-corrected chi connectivity index (χ2v) is 5.12. The zero-order valence-corrected chi connectivity index (χ0v) is 11.6. The number of hydrogen-bond acceptors (Lipinski definition) is 4. The number of hydrogen-bond donors (Lipinski definition) is 0. The van der Waals surface area contributed by atoms with Crippen molar-refractivity contribution in [2.45, 2.75) is 19.6 Å². The van der Waals surface area contributed by atoms with Crippen LogP contribution in [0.5, 0.6) is 0 Å². The third kappa shape index (κ3) is 4.54. The van der Waals surface area contributed by atoms with Gasteiger partial charge in [0.1, 0.15) is 11.5 Å². The van der Waals surface area contributed by atoms with Crippen molar-refractivity contribution < 1.29 is 14.3 Å². The van der Waals surface area contributed by atoms with Crippen LogP contribution in [0.25, 0.3) is 0 Å². The molecule has 2 rings (SSSR count). The quantitative estimate of drug-likeness (QED) is 0.578. The lowest BCUT2D eigenvalue weighted by molar-refractivity contribution is 0.00851. The first-order valence-electron chi connectivity index (χ1n) is 6.18. The van der Waals surface area contributed by atoms with Crippen molar-refractivity contribution in [3.8, 4) is 0 Å².